The third-order valence-corrected chi connectivity index (χ3v) is 20.5. The first-order valence-corrected chi connectivity index (χ1v) is 40.0. The molecule has 6 saturated heterocycles. The second-order valence-electron chi connectivity index (χ2n) is 29.8. The van der Waals surface area contributed by atoms with Gasteiger partial charge in [0.25, 0.3) is 5.91 Å². The van der Waals surface area contributed by atoms with E-state index in [4.69, 9.17) is 80.0 Å². The van der Waals surface area contributed by atoms with Crippen LogP contribution in [-0.2, 0) is 84.8 Å². The van der Waals surface area contributed by atoms with Crippen molar-refractivity contribution in [3.05, 3.63) is 59.7 Å². The van der Waals surface area contributed by atoms with E-state index >= 15 is 17.6 Å². The molecule has 8 rings (SSSR count). The first-order valence-electron chi connectivity index (χ1n) is 38.5. The van der Waals surface area contributed by atoms with Gasteiger partial charge in [-0.1, -0.05) is 63.5 Å². The van der Waals surface area contributed by atoms with Crippen molar-refractivity contribution < 1.29 is 148 Å². The smallest absolute Gasteiger partial charge is 0.439 e. The van der Waals surface area contributed by atoms with Gasteiger partial charge in [-0.3, -0.25) is 18.6 Å². The van der Waals surface area contributed by atoms with Crippen LogP contribution in [0.2, 0.25) is 0 Å². The van der Waals surface area contributed by atoms with Crippen molar-refractivity contribution in [2.45, 2.75) is 300 Å². The number of fused-ring (bicyclic) bond motifs is 3. The summed E-state index contributed by atoms with van der Waals surface area (Å²) in [7, 11) is -6.55. The molecule has 0 bridgehead atoms. The van der Waals surface area contributed by atoms with Gasteiger partial charge >= 0.3 is 23.4 Å². The summed E-state index contributed by atoms with van der Waals surface area (Å²) in [6, 6.07) is 5.02. The maximum atomic E-state index is 15.4. The van der Waals surface area contributed by atoms with Gasteiger partial charge in [-0.15, -0.1) is 6.58 Å². The van der Waals surface area contributed by atoms with Crippen LogP contribution in [0.25, 0.3) is 0 Å². The van der Waals surface area contributed by atoms with Crippen LogP contribution < -0.4 is 20.1 Å². The van der Waals surface area contributed by atoms with Crippen LogP contribution in [0.1, 0.15) is 203 Å². The van der Waals surface area contributed by atoms with Crippen molar-refractivity contribution in [1.82, 2.24) is 10.6 Å². The van der Waals surface area contributed by atoms with Crippen molar-refractivity contribution in [3.63, 3.8) is 0 Å². The van der Waals surface area contributed by atoms with E-state index in [0.717, 1.165) is 51.4 Å². The number of hydrogen-bond acceptors (Lipinski definition) is 23. The summed E-state index contributed by atoms with van der Waals surface area (Å²) >= 11 is 0. The Morgan fingerprint density at radius 2 is 1.12 bits per heavy atom. The molecule has 0 spiro atoms. The van der Waals surface area contributed by atoms with Gasteiger partial charge in [0.1, 0.15) is 61.7 Å². The van der Waals surface area contributed by atoms with Crippen LogP contribution in [0.5, 0.6) is 11.5 Å². The lowest BCUT2D eigenvalue weighted by Crippen LogP contribution is -2.56. The van der Waals surface area contributed by atoms with Gasteiger partial charge in [-0.05, 0) is 157 Å². The number of ether oxygens (including phenoxy) is 17. The van der Waals surface area contributed by atoms with Gasteiger partial charge in [0, 0.05) is 44.3 Å². The number of ketones is 1. The Morgan fingerprint density at radius 1 is 0.598 bits per heavy atom. The molecular formula is C77H121F9N2O23S. The molecule has 25 nitrogen and oxygen atoms in total. The zero-order chi connectivity index (χ0) is 81.5. The molecule has 2 amide bonds. The Bertz CT molecular complexity index is 3140. The number of alkyl halides is 9. The van der Waals surface area contributed by atoms with Gasteiger partial charge in [0.05, 0.1) is 66.1 Å². The summed E-state index contributed by atoms with van der Waals surface area (Å²) in [5.41, 5.74) is 2.83. The van der Waals surface area contributed by atoms with E-state index in [9.17, 15) is 45.4 Å². The maximum absolute atomic E-state index is 15.4. The highest BCUT2D eigenvalue weighted by Gasteiger charge is 2.76. The minimum Gasteiger partial charge on any atom is -0.487 e. The molecule has 11 atom stereocenters. The SMILES string of the molecule is C.C=CC(CCCCCC(=O)CC)/C(=C/CCCCNC(=O)CCCCC(F)(F)C(F)(F)OC(F)(F)C(F)(F)S(O)(O)OC1[C@@H](C2COC(C)(C)O2)O[C@@H]2OC(C)(C)O[C@@H]12)C/C(=C/CCCCNC(=O)c1ccc2c(c1)OCCOCCOCCOCCOCCO2)CC.CC1(C)OCC([C@H]2O[C@@H]3OC(C)(C)O[C@H]3C2F)O1. The quantitative estimate of drug-likeness (QED) is 0.0274. The number of halogens is 9. The Labute approximate surface area is 654 Å². The number of carbonyl (C=O) groups excluding carboxylic acids is 3. The van der Waals surface area contributed by atoms with Crippen molar-refractivity contribution in [2.75, 3.05) is 92.4 Å². The van der Waals surface area contributed by atoms with Crippen LogP contribution in [-0.4, -0.2) is 227 Å². The maximum Gasteiger partial charge on any atom is 0.439 e. The van der Waals surface area contributed by atoms with Crippen LogP contribution >= 0.6 is 10.9 Å². The number of nitrogens with one attached hydrogen (secondary N) is 2. The number of amides is 2. The number of benzene rings is 1. The van der Waals surface area contributed by atoms with E-state index in [1.165, 1.54) is 38.8 Å². The Morgan fingerprint density at radius 3 is 1.68 bits per heavy atom. The summed E-state index contributed by atoms with van der Waals surface area (Å²) in [5, 5.41) is -0.831. The van der Waals surface area contributed by atoms with Crippen LogP contribution in [0.15, 0.2) is 54.2 Å². The molecule has 35 heteroatoms. The Balaban J connectivity index is 0.000000889. The van der Waals surface area contributed by atoms with Crippen molar-refractivity contribution in [3.8, 4) is 11.5 Å². The third-order valence-electron chi connectivity index (χ3n) is 19.1. The Kier molecular flexibility index (Phi) is 37.8. The minimum absolute atomic E-state index is 0. The zero-order valence-electron chi connectivity index (χ0n) is 65.4. The largest absolute Gasteiger partial charge is 0.487 e. The summed E-state index contributed by atoms with van der Waals surface area (Å²) in [4.78, 5) is 37.9. The second kappa shape index (κ2) is 43.9. The molecule has 4 N–H and O–H groups in total. The molecule has 0 aromatic heterocycles. The Hall–Kier alpha value is -4.35. The summed E-state index contributed by atoms with van der Waals surface area (Å²) in [6.45, 7) is 25.2. The molecule has 7 aliphatic heterocycles. The molecule has 646 valence electrons. The van der Waals surface area contributed by atoms with Crippen LogP contribution in [0, 0.1) is 5.92 Å². The predicted molar refractivity (Wildman–Crippen MR) is 393 cm³/mol. The van der Waals surface area contributed by atoms with E-state index < -0.39 is 150 Å². The number of unbranched alkanes of at least 4 members (excludes halogenated alkanes) is 7. The topological polar surface area (TPSA) is 282 Å². The predicted octanol–water partition coefficient (Wildman–Crippen LogP) is 15.2. The molecule has 0 radical (unpaired) electrons. The molecule has 1 aromatic carbocycles. The molecule has 1 aromatic rings. The molecule has 5 unspecified atom stereocenters. The van der Waals surface area contributed by atoms with Gasteiger partial charge < -0.3 is 95.5 Å². The van der Waals surface area contributed by atoms with Crippen molar-refractivity contribution in [2.24, 2.45) is 5.92 Å². The average molecular weight is 1650 g/mol. The van der Waals surface area contributed by atoms with Crippen LogP contribution in [0.4, 0.5) is 39.5 Å². The first-order chi connectivity index (χ1) is 52.2. The number of hydrogen-bond donors (Lipinski definition) is 4. The van der Waals surface area contributed by atoms with Gasteiger partial charge in [0.15, 0.2) is 64.3 Å². The second-order valence-corrected chi connectivity index (χ2v) is 31.5. The summed E-state index contributed by atoms with van der Waals surface area (Å²) < 4.78 is 253. The van der Waals surface area contributed by atoms with Crippen molar-refractivity contribution >= 4 is 28.5 Å². The first kappa shape index (κ1) is 96.5. The van der Waals surface area contributed by atoms with Crippen molar-refractivity contribution in [1.29, 1.82) is 0 Å². The lowest BCUT2D eigenvalue weighted by atomic mass is 9.86. The van der Waals surface area contributed by atoms with E-state index in [2.05, 4.69) is 41.0 Å². The van der Waals surface area contributed by atoms with E-state index in [-0.39, 0.29) is 51.4 Å². The molecular weight excluding hydrogens is 1520 g/mol. The summed E-state index contributed by atoms with van der Waals surface area (Å²) in [5.74, 6) is -9.46. The molecule has 0 saturated carbocycles. The number of Topliss-reactive ketones (excluding diaryl/α,β-unsaturated/α-hetero) is 1. The third kappa shape index (κ3) is 29.0. The van der Waals surface area contributed by atoms with E-state index in [1.54, 1.807) is 45.9 Å². The fourth-order valence-corrected chi connectivity index (χ4v) is 14.2. The highest BCUT2D eigenvalue weighted by atomic mass is 32.3. The fourth-order valence-electron chi connectivity index (χ4n) is 13.2. The lowest BCUT2D eigenvalue weighted by Gasteiger charge is -2.41. The number of allylic oxidation sites excluding steroid dienone is 5. The fraction of sp³-hybridized carbons (Fsp3) is 0.805. The average Bonchev–Trinajstić information content (AvgIpc) is 1.21. The van der Waals surface area contributed by atoms with Gasteiger partial charge in [-0.25, -0.2) is 9.13 Å². The van der Waals surface area contributed by atoms with Gasteiger partial charge in [-0.2, -0.15) is 35.1 Å². The molecule has 0 aliphatic carbocycles. The van der Waals surface area contributed by atoms with E-state index in [1.807, 2.05) is 13.0 Å². The molecule has 112 heavy (non-hydrogen) atoms. The molecule has 6 fully saturated rings. The molecule has 7 heterocycles. The minimum atomic E-state index is -6.68. The highest BCUT2D eigenvalue weighted by molar-refractivity contribution is 8.21. The summed E-state index contributed by atoms with van der Waals surface area (Å²) in [6.07, 6.45) is -11.8. The zero-order valence-corrected chi connectivity index (χ0v) is 66.2. The molecule has 7 aliphatic rings. The highest BCUT2D eigenvalue weighted by Crippen LogP contribution is 2.65. The van der Waals surface area contributed by atoms with Gasteiger partial charge in [0.2, 0.25) is 5.91 Å². The number of carbonyl (C=O) groups is 3. The normalized spacial score (nSPS) is 27.0. The van der Waals surface area contributed by atoms with Crippen LogP contribution in [0.3, 0.4) is 0 Å². The lowest BCUT2D eigenvalue weighted by molar-refractivity contribution is -0.457. The monoisotopic (exact) mass is 1640 g/mol. The van der Waals surface area contributed by atoms with E-state index in [0.29, 0.717) is 122 Å². The number of rotatable bonds is 37. The standard InChI is InChI=1S/C64H98F8N2O18S.C12H19FO5.CH4/c1-8-45(22-14-12-21-31-74-57(77)48-27-28-50-51(43-48)85-41-39-83-37-35-81-33-32-80-34-36-82-38-40-84-50)42-47(46(9-2)23-15-11-17-25-49(75)10-3)24-16-13-20-30-73-53(76)26-18-19-29-61(65,66)62(67,68)92-63(69,70)64(71,72)93(78,79)91-55-54(52-44-86-59(4,5)88-52)87-58-56(55)89-60(6,7)90-58;1-11(2)14-5-6(16-11)8-7(13)9-10(15-8)18-12(3,4)17-9;/h9,22,24,27-28,43,46,52,54-56,58,78-79H,2,8,10-21,23,25-26,29-42,44H2,1,3-7H3,(H,73,76)(H,74,77);6-10H,5H2,1-4H3;1H4/b45-22+,47-24+;;/t46?,52?,54-,55?,56+,58-;6?,7?,8-,9+,10-;/m11./s1.